The quantitative estimate of drug-likeness (QED) is 0.662. The predicted molar refractivity (Wildman–Crippen MR) is 119 cm³/mol. The molecule has 2 N–H and O–H groups in total. The van der Waals surface area contributed by atoms with E-state index in [4.69, 9.17) is 5.73 Å². The second-order valence-electron chi connectivity index (χ2n) is 8.59. The summed E-state index contributed by atoms with van der Waals surface area (Å²) in [6, 6.07) is 22.6. The standard InChI is InChI=1S/C26H29N3/c1-2-29-24-13-16-28-18-21(24)17-23(19-7-4-3-5-8-19)25(29)20-9-11-22(12-10-20)26(27)14-6-15-26/h3-5,7-13,16,18,23,25H,2,6,14-15,17,27H2,1H3. The summed E-state index contributed by atoms with van der Waals surface area (Å²) >= 11 is 0. The average Bonchev–Trinajstić information content (AvgIpc) is 2.77. The highest BCUT2D eigenvalue weighted by atomic mass is 15.2. The van der Waals surface area contributed by atoms with E-state index >= 15 is 0 Å². The lowest BCUT2D eigenvalue weighted by Crippen LogP contribution is -2.43. The highest BCUT2D eigenvalue weighted by molar-refractivity contribution is 5.59. The summed E-state index contributed by atoms with van der Waals surface area (Å²) in [6.07, 6.45) is 8.41. The molecule has 148 valence electrons. The lowest BCUT2D eigenvalue weighted by Gasteiger charge is -2.44. The molecular weight excluding hydrogens is 354 g/mol. The molecule has 0 radical (unpaired) electrons. The Labute approximate surface area is 173 Å². The topological polar surface area (TPSA) is 42.2 Å². The van der Waals surface area contributed by atoms with Gasteiger partial charge in [-0.25, -0.2) is 0 Å². The van der Waals surface area contributed by atoms with Gasteiger partial charge in [-0.15, -0.1) is 0 Å². The molecule has 2 heterocycles. The van der Waals surface area contributed by atoms with Gasteiger partial charge in [-0.2, -0.15) is 0 Å². The van der Waals surface area contributed by atoms with Crippen LogP contribution in [-0.4, -0.2) is 11.5 Å². The van der Waals surface area contributed by atoms with Gasteiger partial charge in [0.25, 0.3) is 0 Å². The van der Waals surface area contributed by atoms with E-state index in [1.165, 1.54) is 34.4 Å². The first-order valence-electron chi connectivity index (χ1n) is 10.8. The van der Waals surface area contributed by atoms with Crippen LogP contribution in [0.5, 0.6) is 0 Å². The van der Waals surface area contributed by atoms with Crippen molar-refractivity contribution in [2.75, 3.05) is 11.4 Å². The van der Waals surface area contributed by atoms with Gasteiger partial charge in [-0.3, -0.25) is 4.98 Å². The fourth-order valence-corrected chi connectivity index (χ4v) is 5.21. The zero-order valence-corrected chi connectivity index (χ0v) is 17.1. The normalized spacial score (nSPS) is 22.6. The number of rotatable bonds is 4. The van der Waals surface area contributed by atoms with Crippen LogP contribution in [0.2, 0.25) is 0 Å². The Bertz CT molecular complexity index is 976. The molecule has 2 aromatic carbocycles. The second-order valence-corrected chi connectivity index (χ2v) is 8.59. The van der Waals surface area contributed by atoms with Crippen LogP contribution in [0.25, 0.3) is 0 Å². The fraction of sp³-hybridized carbons (Fsp3) is 0.346. The van der Waals surface area contributed by atoms with E-state index in [1.807, 2.05) is 12.4 Å². The summed E-state index contributed by atoms with van der Waals surface area (Å²) in [5, 5.41) is 0. The predicted octanol–water partition coefficient (Wildman–Crippen LogP) is 5.33. The summed E-state index contributed by atoms with van der Waals surface area (Å²) in [6.45, 7) is 3.22. The SMILES string of the molecule is CCN1c2ccncc2CC(c2ccccc2)C1c1ccc(C2(N)CCC2)cc1. The number of fused-ring (bicyclic) bond motifs is 1. The number of hydrogen-bond acceptors (Lipinski definition) is 3. The molecule has 1 aromatic heterocycles. The summed E-state index contributed by atoms with van der Waals surface area (Å²) in [5.41, 5.74) is 13.2. The molecule has 2 atom stereocenters. The smallest absolute Gasteiger partial charge is 0.0614 e. The number of aromatic nitrogens is 1. The van der Waals surface area contributed by atoms with Crippen molar-refractivity contribution < 1.29 is 0 Å². The van der Waals surface area contributed by atoms with Gasteiger partial charge >= 0.3 is 0 Å². The van der Waals surface area contributed by atoms with E-state index in [-0.39, 0.29) is 5.54 Å². The summed E-state index contributed by atoms with van der Waals surface area (Å²) in [7, 11) is 0. The van der Waals surface area contributed by atoms with Crippen LogP contribution in [0.4, 0.5) is 5.69 Å². The van der Waals surface area contributed by atoms with E-state index < -0.39 is 0 Å². The summed E-state index contributed by atoms with van der Waals surface area (Å²) in [4.78, 5) is 6.96. The number of anilines is 1. The lowest BCUT2D eigenvalue weighted by molar-refractivity contribution is 0.253. The number of hydrogen-bond donors (Lipinski definition) is 1. The lowest BCUT2D eigenvalue weighted by atomic mass is 9.72. The van der Waals surface area contributed by atoms with Crippen LogP contribution < -0.4 is 10.6 Å². The molecular formula is C26H29N3. The van der Waals surface area contributed by atoms with E-state index in [0.29, 0.717) is 12.0 Å². The Balaban J connectivity index is 1.58. The van der Waals surface area contributed by atoms with E-state index in [9.17, 15) is 0 Å². The van der Waals surface area contributed by atoms with Crippen molar-refractivity contribution in [2.45, 2.75) is 50.1 Å². The van der Waals surface area contributed by atoms with Crippen molar-refractivity contribution in [1.82, 2.24) is 4.98 Å². The minimum atomic E-state index is -0.105. The van der Waals surface area contributed by atoms with Gasteiger partial charge in [0.1, 0.15) is 0 Å². The highest BCUT2D eigenvalue weighted by Crippen LogP contribution is 2.47. The number of nitrogens with zero attached hydrogens (tertiary/aromatic N) is 2. The molecule has 2 aliphatic rings. The average molecular weight is 384 g/mol. The Kier molecular flexibility index (Phi) is 4.63. The van der Waals surface area contributed by atoms with Crippen LogP contribution in [0.3, 0.4) is 0 Å². The van der Waals surface area contributed by atoms with Gasteiger partial charge in [0.05, 0.1) is 6.04 Å². The van der Waals surface area contributed by atoms with Gasteiger partial charge in [0, 0.05) is 36.1 Å². The Morgan fingerprint density at radius 3 is 2.41 bits per heavy atom. The monoisotopic (exact) mass is 383 g/mol. The third-order valence-corrected chi connectivity index (χ3v) is 6.99. The molecule has 0 amide bonds. The first-order chi connectivity index (χ1) is 14.2. The number of pyridine rings is 1. The van der Waals surface area contributed by atoms with Crippen molar-refractivity contribution in [2.24, 2.45) is 5.73 Å². The molecule has 1 aliphatic carbocycles. The first kappa shape index (κ1) is 18.4. The zero-order chi connectivity index (χ0) is 19.8. The molecule has 5 rings (SSSR count). The Hall–Kier alpha value is -2.65. The van der Waals surface area contributed by atoms with Crippen LogP contribution in [0.15, 0.2) is 73.1 Å². The molecule has 1 fully saturated rings. The van der Waals surface area contributed by atoms with Crippen molar-refractivity contribution in [3.63, 3.8) is 0 Å². The van der Waals surface area contributed by atoms with Crippen LogP contribution >= 0.6 is 0 Å². The third-order valence-electron chi connectivity index (χ3n) is 6.99. The van der Waals surface area contributed by atoms with E-state index in [1.54, 1.807) is 0 Å². The maximum absolute atomic E-state index is 6.57. The van der Waals surface area contributed by atoms with E-state index in [0.717, 1.165) is 25.8 Å². The zero-order valence-electron chi connectivity index (χ0n) is 17.1. The number of likely N-dealkylation sites (N-methyl/N-ethyl adjacent to an activating group) is 1. The summed E-state index contributed by atoms with van der Waals surface area (Å²) in [5.74, 6) is 0.397. The highest BCUT2D eigenvalue weighted by Gasteiger charge is 2.37. The molecule has 29 heavy (non-hydrogen) atoms. The minimum Gasteiger partial charge on any atom is -0.364 e. The third kappa shape index (κ3) is 3.14. The molecule has 1 aliphatic heterocycles. The van der Waals surface area contributed by atoms with Crippen molar-refractivity contribution in [1.29, 1.82) is 0 Å². The fourth-order valence-electron chi connectivity index (χ4n) is 5.21. The molecule has 1 saturated carbocycles. The Morgan fingerprint density at radius 1 is 1.00 bits per heavy atom. The van der Waals surface area contributed by atoms with Crippen molar-refractivity contribution >= 4 is 5.69 Å². The second kappa shape index (κ2) is 7.31. The maximum atomic E-state index is 6.57. The molecule has 0 spiro atoms. The van der Waals surface area contributed by atoms with E-state index in [2.05, 4.69) is 77.5 Å². The minimum absolute atomic E-state index is 0.105. The van der Waals surface area contributed by atoms with Crippen LogP contribution in [-0.2, 0) is 12.0 Å². The number of benzene rings is 2. The van der Waals surface area contributed by atoms with Gasteiger partial charge < -0.3 is 10.6 Å². The molecule has 0 bridgehead atoms. The first-order valence-corrected chi connectivity index (χ1v) is 10.8. The maximum Gasteiger partial charge on any atom is 0.0614 e. The van der Waals surface area contributed by atoms with Gasteiger partial charge in [0.15, 0.2) is 0 Å². The molecule has 3 aromatic rings. The summed E-state index contributed by atoms with van der Waals surface area (Å²) < 4.78 is 0. The van der Waals surface area contributed by atoms with Gasteiger partial charge in [-0.05, 0) is 60.9 Å². The molecule has 2 unspecified atom stereocenters. The van der Waals surface area contributed by atoms with Crippen LogP contribution in [0.1, 0.15) is 60.4 Å². The largest absolute Gasteiger partial charge is 0.364 e. The molecule has 0 saturated heterocycles. The van der Waals surface area contributed by atoms with Crippen molar-refractivity contribution in [3.05, 3.63) is 95.3 Å². The van der Waals surface area contributed by atoms with Crippen LogP contribution in [0, 0.1) is 0 Å². The number of nitrogens with two attached hydrogens (primary N) is 1. The van der Waals surface area contributed by atoms with Crippen molar-refractivity contribution in [3.8, 4) is 0 Å². The van der Waals surface area contributed by atoms with Gasteiger partial charge in [0.2, 0.25) is 0 Å². The Morgan fingerprint density at radius 2 is 1.76 bits per heavy atom. The molecule has 3 nitrogen and oxygen atoms in total. The molecule has 3 heteroatoms. The van der Waals surface area contributed by atoms with Gasteiger partial charge in [-0.1, -0.05) is 54.6 Å².